The summed E-state index contributed by atoms with van der Waals surface area (Å²) in [6, 6.07) is 17.8. The Morgan fingerprint density at radius 1 is 0.941 bits per heavy atom. The van der Waals surface area contributed by atoms with Crippen molar-refractivity contribution in [3.8, 4) is 11.1 Å². The second-order valence-corrected chi connectivity index (χ2v) is 4.26. The molecule has 0 unspecified atom stereocenters. The van der Waals surface area contributed by atoms with Crippen molar-refractivity contribution in [1.82, 2.24) is 0 Å². The number of rotatable bonds is 3. The van der Waals surface area contributed by atoms with Crippen molar-refractivity contribution in [2.75, 3.05) is 0 Å². The standard InChI is InChI=1S/C15H17NO/c1-11(17)15(16)14-9-5-8-13(10-14)12-6-3-2-4-7-12/h2-11,15,17H,16H2,1H3/t11-,15-/m1/s1. The first-order valence-corrected chi connectivity index (χ1v) is 5.77. The number of aliphatic hydroxyl groups is 1. The van der Waals surface area contributed by atoms with E-state index in [1.807, 2.05) is 42.5 Å². The Labute approximate surface area is 102 Å². The summed E-state index contributed by atoms with van der Waals surface area (Å²) >= 11 is 0. The highest BCUT2D eigenvalue weighted by atomic mass is 16.3. The van der Waals surface area contributed by atoms with E-state index in [9.17, 15) is 5.11 Å². The summed E-state index contributed by atoms with van der Waals surface area (Å²) in [5.74, 6) is 0. The molecule has 0 bridgehead atoms. The van der Waals surface area contributed by atoms with Crippen LogP contribution in [0.4, 0.5) is 0 Å². The van der Waals surface area contributed by atoms with Crippen molar-refractivity contribution in [3.63, 3.8) is 0 Å². The van der Waals surface area contributed by atoms with Gasteiger partial charge in [0.25, 0.3) is 0 Å². The van der Waals surface area contributed by atoms with Crippen LogP contribution in [0.2, 0.25) is 0 Å². The maximum absolute atomic E-state index is 9.51. The Kier molecular flexibility index (Phi) is 3.57. The molecule has 2 atom stereocenters. The van der Waals surface area contributed by atoms with Gasteiger partial charge in [-0.25, -0.2) is 0 Å². The van der Waals surface area contributed by atoms with Crippen molar-refractivity contribution in [2.24, 2.45) is 5.73 Å². The lowest BCUT2D eigenvalue weighted by Crippen LogP contribution is -2.23. The largest absolute Gasteiger partial charge is 0.391 e. The smallest absolute Gasteiger partial charge is 0.0704 e. The summed E-state index contributed by atoms with van der Waals surface area (Å²) in [7, 11) is 0. The quantitative estimate of drug-likeness (QED) is 0.847. The highest BCUT2D eigenvalue weighted by Crippen LogP contribution is 2.23. The van der Waals surface area contributed by atoms with Crippen LogP contribution in [0.15, 0.2) is 54.6 Å². The molecule has 0 saturated heterocycles. The van der Waals surface area contributed by atoms with Gasteiger partial charge >= 0.3 is 0 Å². The molecule has 17 heavy (non-hydrogen) atoms. The molecule has 3 N–H and O–H groups in total. The molecule has 0 aliphatic carbocycles. The SMILES string of the molecule is C[C@@H](O)[C@@H](N)c1cccc(-c2ccccc2)c1. The van der Waals surface area contributed by atoms with Crippen LogP contribution in [0.25, 0.3) is 11.1 Å². The molecule has 0 aliphatic heterocycles. The fraction of sp³-hybridized carbons (Fsp3) is 0.200. The molecule has 2 nitrogen and oxygen atoms in total. The molecule has 0 heterocycles. The third kappa shape index (κ3) is 2.73. The minimum atomic E-state index is -0.541. The molecule has 2 rings (SSSR count). The molecule has 2 aromatic rings. The summed E-state index contributed by atoms with van der Waals surface area (Å²) in [4.78, 5) is 0. The van der Waals surface area contributed by atoms with Crippen molar-refractivity contribution in [3.05, 3.63) is 60.2 Å². The third-order valence-corrected chi connectivity index (χ3v) is 2.90. The lowest BCUT2D eigenvalue weighted by molar-refractivity contribution is 0.164. The van der Waals surface area contributed by atoms with Gasteiger partial charge in [-0.2, -0.15) is 0 Å². The van der Waals surface area contributed by atoms with Crippen LogP contribution in [0.3, 0.4) is 0 Å². The van der Waals surface area contributed by atoms with E-state index in [1.54, 1.807) is 6.92 Å². The fourth-order valence-corrected chi connectivity index (χ4v) is 1.83. The minimum Gasteiger partial charge on any atom is -0.391 e. The van der Waals surface area contributed by atoms with Gasteiger partial charge in [0.15, 0.2) is 0 Å². The molecule has 0 amide bonds. The first-order chi connectivity index (χ1) is 8.18. The van der Waals surface area contributed by atoms with E-state index in [4.69, 9.17) is 5.73 Å². The van der Waals surface area contributed by atoms with E-state index < -0.39 is 6.10 Å². The molecule has 88 valence electrons. The monoisotopic (exact) mass is 227 g/mol. The molecule has 0 spiro atoms. The number of benzene rings is 2. The number of hydrogen-bond donors (Lipinski definition) is 2. The highest BCUT2D eigenvalue weighted by Gasteiger charge is 2.12. The number of aliphatic hydroxyl groups excluding tert-OH is 1. The van der Waals surface area contributed by atoms with Gasteiger partial charge in [0.2, 0.25) is 0 Å². The molecule has 0 aliphatic rings. The maximum atomic E-state index is 9.51. The molecule has 0 aromatic heterocycles. The molecule has 0 saturated carbocycles. The Morgan fingerprint density at radius 3 is 2.24 bits per heavy atom. The summed E-state index contributed by atoms with van der Waals surface area (Å²) in [5, 5.41) is 9.51. The molecule has 0 radical (unpaired) electrons. The number of nitrogens with two attached hydrogens (primary N) is 1. The first kappa shape index (κ1) is 11.8. The highest BCUT2D eigenvalue weighted by molar-refractivity contribution is 5.64. The van der Waals surface area contributed by atoms with Crippen molar-refractivity contribution < 1.29 is 5.11 Å². The van der Waals surface area contributed by atoms with Crippen molar-refractivity contribution in [1.29, 1.82) is 0 Å². The lowest BCUT2D eigenvalue weighted by Gasteiger charge is -2.16. The van der Waals surface area contributed by atoms with E-state index in [2.05, 4.69) is 12.1 Å². The van der Waals surface area contributed by atoms with E-state index >= 15 is 0 Å². The zero-order valence-electron chi connectivity index (χ0n) is 9.88. The van der Waals surface area contributed by atoms with Gasteiger partial charge < -0.3 is 10.8 Å². The van der Waals surface area contributed by atoms with Crippen LogP contribution in [-0.4, -0.2) is 11.2 Å². The van der Waals surface area contributed by atoms with E-state index in [1.165, 1.54) is 0 Å². The van der Waals surface area contributed by atoms with Gasteiger partial charge in [-0.15, -0.1) is 0 Å². The average molecular weight is 227 g/mol. The van der Waals surface area contributed by atoms with Crippen LogP contribution in [0.5, 0.6) is 0 Å². The lowest BCUT2D eigenvalue weighted by atomic mass is 9.98. The minimum absolute atomic E-state index is 0.335. The van der Waals surface area contributed by atoms with E-state index in [-0.39, 0.29) is 6.04 Å². The van der Waals surface area contributed by atoms with Gasteiger partial charge in [0, 0.05) is 0 Å². The van der Waals surface area contributed by atoms with Gasteiger partial charge in [0.05, 0.1) is 12.1 Å². The van der Waals surface area contributed by atoms with Crippen LogP contribution < -0.4 is 5.73 Å². The molecule has 0 fully saturated rings. The Morgan fingerprint density at radius 2 is 1.59 bits per heavy atom. The third-order valence-electron chi connectivity index (χ3n) is 2.90. The average Bonchev–Trinajstić information content (AvgIpc) is 2.39. The first-order valence-electron chi connectivity index (χ1n) is 5.77. The summed E-state index contributed by atoms with van der Waals surface area (Å²) < 4.78 is 0. The van der Waals surface area contributed by atoms with Gasteiger partial charge in [0.1, 0.15) is 0 Å². The second kappa shape index (κ2) is 5.13. The normalized spacial score (nSPS) is 14.3. The van der Waals surface area contributed by atoms with Crippen LogP contribution in [0, 0.1) is 0 Å². The zero-order valence-corrected chi connectivity index (χ0v) is 9.88. The Bertz CT molecular complexity index is 479. The fourth-order valence-electron chi connectivity index (χ4n) is 1.83. The van der Waals surface area contributed by atoms with Crippen molar-refractivity contribution >= 4 is 0 Å². The molecular weight excluding hydrogens is 210 g/mol. The van der Waals surface area contributed by atoms with Crippen molar-refractivity contribution in [2.45, 2.75) is 19.1 Å². The van der Waals surface area contributed by atoms with Gasteiger partial charge in [-0.3, -0.25) is 0 Å². The summed E-state index contributed by atoms with van der Waals surface area (Å²) in [6.45, 7) is 1.71. The van der Waals surface area contributed by atoms with E-state index in [0.717, 1.165) is 16.7 Å². The van der Waals surface area contributed by atoms with Crippen LogP contribution >= 0.6 is 0 Å². The topological polar surface area (TPSA) is 46.2 Å². The Balaban J connectivity index is 2.35. The molecule has 2 heteroatoms. The summed E-state index contributed by atoms with van der Waals surface area (Å²) in [6.07, 6.45) is -0.541. The number of hydrogen-bond acceptors (Lipinski definition) is 2. The predicted octanol–water partition coefficient (Wildman–Crippen LogP) is 2.73. The van der Waals surface area contributed by atoms with Crippen LogP contribution in [-0.2, 0) is 0 Å². The molecular formula is C15H17NO. The Hall–Kier alpha value is -1.64. The van der Waals surface area contributed by atoms with Crippen LogP contribution in [0.1, 0.15) is 18.5 Å². The van der Waals surface area contributed by atoms with Gasteiger partial charge in [-0.05, 0) is 29.7 Å². The van der Waals surface area contributed by atoms with E-state index in [0.29, 0.717) is 0 Å². The van der Waals surface area contributed by atoms with Gasteiger partial charge in [-0.1, -0.05) is 48.5 Å². The molecule has 2 aromatic carbocycles. The second-order valence-electron chi connectivity index (χ2n) is 4.26. The predicted molar refractivity (Wildman–Crippen MR) is 70.5 cm³/mol. The maximum Gasteiger partial charge on any atom is 0.0704 e. The zero-order chi connectivity index (χ0) is 12.3. The summed E-state index contributed by atoms with van der Waals surface area (Å²) in [5.41, 5.74) is 9.18.